The molecule has 1 fully saturated rings. The van der Waals surface area contributed by atoms with E-state index >= 15 is 0 Å². The molecule has 1 heterocycles. The number of benzene rings is 3. The Morgan fingerprint density at radius 2 is 1.36 bits per heavy atom. The molecule has 42 heavy (non-hydrogen) atoms. The lowest BCUT2D eigenvalue weighted by Crippen LogP contribution is -2.35. The van der Waals surface area contributed by atoms with Crippen LogP contribution in [-0.4, -0.2) is 27.3 Å². The lowest BCUT2D eigenvalue weighted by Gasteiger charge is -2.33. The molecule has 0 spiro atoms. The Morgan fingerprint density at radius 1 is 0.810 bits per heavy atom. The third-order valence-corrected chi connectivity index (χ3v) is 11.7. The zero-order valence-corrected chi connectivity index (χ0v) is 27.8. The van der Waals surface area contributed by atoms with Gasteiger partial charge in [-0.3, -0.25) is 4.79 Å². The van der Waals surface area contributed by atoms with Gasteiger partial charge in [-0.15, -0.1) is 23.5 Å². The van der Waals surface area contributed by atoms with Crippen molar-refractivity contribution in [3.63, 3.8) is 0 Å². The molecule has 0 saturated heterocycles. The van der Waals surface area contributed by atoms with Crippen LogP contribution in [-0.2, 0) is 35.0 Å². The molecule has 3 aromatic rings. The molecule has 2 atom stereocenters. The first kappa shape index (κ1) is 31.1. The van der Waals surface area contributed by atoms with E-state index in [4.69, 9.17) is 0 Å². The number of aromatic hydroxyl groups is 1. The van der Waals surface area contributed by atoms with E-state index in [-0.39, 0.29) is 16.7 Å². The number of carbonyl (C=O) groups is 1. The Hall–Kier alpha value is -2.37. The Kier molecular flexibility index (Phi) is 9.39. The van der Waals surface area contributed by atoms with Crippen LogP contribution in [0.15, 0.2) is 65.6 Å². The number of phenols is 1. The quantitative estimate of drug-likeness (QED) is 0.316. The van der Waals surface area contributed by atoms with E-state index in [2.05, 4.69) is 102 Å². The number of rotatable bonds is 5. The number of amides is 1. The molecule has 2 unspecified atom stereocenters. The second kappa shape index (κ2) is 12.7. The molecule has 0 radical (unpaired) electrons. The monoisotopic (exact) mass is 601 g/mol. The number of anilines is 1. The van der Waals surface area contributed by atoms with E-state index in [1.807, 2.05) is 28.4 Å². The summed E-state index contributed by atoms with van der Waals surface area (Å²) >= 11 is 3.81. The summed E-state index contributed by atoms with van der Waals surface area (Å²) in [6.45, 7) is 13.7. The largest absolute Gasteiger partial charge is 0.507 e. The number of hydrogen-bond donors (Lipinski definition) is 1. The molecule has 224 valence electrons. The Labute approximate surface area is 261 Å². The smallest absolute Gasteiger partial charge is 0.237 e. The van der Waals surface area contributed by atoms with Gasteiger partial charge in [-0.1, -0.05) is 96.8 Å². The van der Waals surface area contributed by atoms with Gasteiger partial charge in [-0.25, -0.2) is 0 Å². The number of carbonyl (C=O) groups excluding carboxylic acids is 1. The van der Waals surface area contributed by atoms with Crippen LogP contribution in [0.1, 0.15) is 95.0 Å². The summed E-state index contributed by atoms with van der Waals surface area (Å²) in [4.78, 5) is 17.2. The van der Waals surface area contributed by atoms with Gasteiger partial charge in [0.1, 0.15) is 5.75 Å². The van der Waals surface area contributed by atoms with Crippen LogP contribution in [0, 0.1) is 0 Å². The maximum absolute atomic E-state index is 14.0. The summed E-state index contributed by atoms with van der Waals surface area (Å²) in [5.74, 6) is 1.14. The fraction of sp³-hybridized carbons (Fsp3) is 0.486. The number of thioether (sulfide) groups is 2. The van der Waals surface area contributed by atoms with Crippen molar-refractivity contribution < 1.29 is 9.90 Å². The number of hydrogen-bond acceptors (Lipinski definition) is 4. The standard InChI is InChI=1S/C37H47NO2S2/c1-36(2,3)29-21-28(22-30(35(29)40)37(4,5)6)42-33-18-12-11-17-32(33)41-24-34(39)38-23-27-15-8-7-13-25(27)19-20-26-14-9-10-16-31(26)38/h7-10,13-16,21-22,32-33,40H,11-12,17-20,23-24H2,1-6H3. The third kappa shape index (κ3) is 7.05. The topological polar surface area (TPSA) is 40.5 Å². The van der Waals surface area contributed by atoms with Crippen LogP contribution in [0.5, 0.6) is 5.75 Å². The predicted molar refractivity (Wildman–Crippen MR) is 181 cm³/mol. The fourth-order valence-electron chi connectivity index (χ4n) is 6.33. The number of fused-ring (bicyclic) bond motifs is 2. The summed E-state index contributed by atoms with van der Waals surface area (Å²) in [5, 5.41) is 12.1. The molecule has 3 nitrogen and oxygen atoms in total. The average molecular weight is 602 g/mol. The first-order valence-corrected chi connectivity index (χ1v) is 17.5. The molecule has 1 saturated carbocycles. The van der Waals surface area contributed by atoms with Gasteiger partial charge in [0.25, 0.3) is 0 Å². The summed E-state index contributed by atoms with van der Waals surface area (Å²) in [7, 11) is 0. The Bertz CT molecular complexity index is 1380. The molecule has 0 bridgehead atoms. The zero-order chi connectivity index (χ0) is 30.1. The molecule has 1 amide bonds. The highest BCUT2D eigenvalue weighted by atomic mass is 32.2. The zero-order valence-electron chi connectivity index (χ0n) is 26.2. The van der Waals surface area contributed by atoms with Crippen molar-refractivity contribution in [2.45, 2.75) is 113 Å². The molecular weight excluding hydrogens is 555 g/mol. The summed E-state index contributed by atoms with van der Waals surface area (Å²) in [5.41, 5.74) is 6.68. The van der Waals surface area contributed by atoms with Crippen molar-refractivity contribution in [3.8, 4) is 5.75 Å². The second-order valence-corrected chi connectivity index (χ2v) is 16.6. The van der Waals surface area contributed by atoms with Crippen LogP contribution >= 0.6 is 23.5 Å². The van der Waals surface area contributed by atoms with E-state index in [9.17, 15) is 9.90 Å². The summed E-state index contributed by atoms with van der Waals surface area (Å²) in [6.07, 6.45) is 6.72. The van der Waals surface area contributed by atoms with Gasteiger partial charge in [0, 0.05) is 32.2 Å². The van der Waals surface area contributed by atoms with E-state index in [0.717, 1.165) is 42.5 Å². The normalized spacial score (nSPS) is 19.4. The molecular formula is C37H47NO2S2. The first-order valence-electron chi connectivity index (χ1n) is 15.5. The van der Waals surface area contributed by atoms with Crippen LogP contribution in [0.25, 0.3) is 0 Å². The van der Waals surface area contributed by atoms with Crippen LogP contribution in [0.2, 0.25) is 0 Å². The van der Waals surface area contributed by atoms with Gasteiger partial charge in [-0.2, -0.15) is 0 Å². The maximum Gasteiger partial charge on any atom is 0.237 e. The van der Waals surface area contributed by atoms with E-state index < -0.39 is 0 Å². The molecule has 1 aliphatic heterocycles. The molecule has 5 heteroatoms. The molecule has 5 rings (SSSR count). The predicted octanol–water partition coefficient (Wildman–Crippen LogP) is 9.46. The van der Waals surface area contributed by atoms with Crippen molar-refractivity contribution in [1.82, 2.24) is 0 Å². The van der Waals surface area contributed by atoms with E-state index in [1.165, 1.54) is 34.4 Å². The van der Waals surface area contributed by atoms with E-state index in [0.29, 0.717) is 28.5 Å². The molecule has 3 aromatic carbocycles. The summed E-state index contributed by atoms with van der Waals surface area (Å²) in [6, 6.07) is 21.5. The highest BCUT2D eigenvalue weighted by Gasteiger charge is 2.31. The van der Waals surface area contributed by atoms with Crippen LogP contribution < -0.4 is 4.90 Å². The van der Waals surface area contributed by atoms with Crippen LogP contribution in [0.4, 0.5) is 5.69 Å². The van der Waals surface area contributed by atoms with Gasteiger partial charge >= 0.3 is 0 Å². The molecule has 0 aromatic heterocycles. The van der Waals surface area contributed by atoms with Crippen molar-refractivity contribution in [3.05, 3.63) is 88.5 Å². The van der Waals surface area contributed by atoms with E-state index in [1.54, 1.807) is 0 Å². The van der Waals surface area contributed by atoms with Gasteiger partial charge < -0.3 is 10.0 Å². The molecule has 1 N–H and O–H groups in total. The number of para-hydroxylation sites is 1. The molecule has 2 aliphatic rings. The van der Waals surface area contributed by atoms with Gasteiger partial charge in [0.2, 0.25) is 5.91 Å². The maximum atomic E-state index is 14.0. The lowest BCUT2D eigenvalue weighted by atomic mass is 9.79. The van der Waals surface area contributed by atoms with Gasteiger partial charge in [0.05, 0.1) is 12.3 Å². The molecule has 1 aliphatic carbocycles. The minimum atomic E-state index is -0.144. The number of phenolic OH excluding ortho intramolecular Hbond substituents is 1. The lowest BCUT2D eigenvalue weighted by molar-refractivity contribution is -0.116. The SMILES string of the molecule is CC(C)(C)c1cc(SC2CCCCC2SCC(=O)N2Cc3ccccc3CCc3ccccc32)cc(C(C)(C)C)c1O. The van der Waals surface area contributed by atoms with Crippen molar-refractivity contribution in [1.29, 1.82) is 0 Å². The second-order valence-electron chi connectivity index (χ2n) is 14.0. The van der Waals surface area contributed by atoms with Gasteiger partial charge in [0.15, 0.2) is 0 Å². The first-order chi connectivity index (χ1) is 19.9. The highest BCUT2D eigenvalue weighted by Crippen LogP contribution is 2.45. The minimum absolute atomic E-state index is 0.144. The van der Waals surface area contributed by atoms with Crippen molar-refractivity contribution in [2.24, 2.45) is 0 Å². The van der Waals surface area contributed by atoms with Gasteiger partial charge in [-0.05, 0) is 71.4 Å². The highest BCUT2D eigenvalue weighted by molar-refractivity contribution is 8.04. The fourth-order valence-corrected chi connectivity index (χ4v) is 9.22. The Morgan fingerprint density at radius 3 is 2.00 bits per heavy atom. The Balaban J connectivity index is 1.35. The van der Waals surface area contributed by atoms with Crippen molar-refractivity contribution in [2.75, 3.05) is 10.7 Å². The minimum Gasteiger partial charge on any atom is -0.507 e. The number of nitrogens with zero attached hydrogens (tertiary/aromatic N) is 1. The van der Waals surface area contributed by atoms with Crippen molar-refractivity contribution >= 4 is 35.1 Å². The third-order valence-electron chi connectivity index (χ3n) is 8.74. The average Bonchev–Trinajstić information content (AvgIpc) is 2.93. The number of aryl methyl sites for hydroxylation is 2. The van der Waals surface area contributed by atoms with Crippen LogP contribution in [0.3, 0.4) is 0 Å². The summed E-state index contributed by atoms with van der Waals surface area (Å²) < 4.78 is 0.